The summed E-state index contributed by atoms with van der Waals surface area (Å²) in [6.45, 7) is 13.8. The van der Waals surface area contributed by atoms with Crippen molar-refractivity contribution in [2.45, 2.75) is 60.4 Å². The summed E-state index contributed by atoms with van der Waals surface area (Å²) in [7, 11) is 1.99. The predicted molar refractivity (Wildman–Crippen MR) is 107 cm³/mol. The zero-order valence-corrected chi connectivity index (χ0v) is 17.4. The molecule has 1 rings (SSSR count). The molecule has 0 aliphatic rings. The quantitative estimate of drug-likeness (QED) is 0.491. The summed E-state index contributed by atoms with van der Waals surface area (Å²) in [6.07, 6.45) is 2.32. The first-order valence-corrected chi connectivity index (χ1v) is 9.85. The number of aryl methyl sites for hydroxylation is 2. The van der Waals surface area contributed by atoms with E-state index in [0.29, 0.717) is 19.5 Å². The van der Waals surface area contributed by atoms with Crippen LogP contribution in [0.4, 0.5) is 0 Å². The Hall–Kier alpha value is -2.05. The number of carbonyl (C=O) groups excluding carboxylic acids is 1. The number of nitrogens with zero attached hydrogens (tertiary/aromatic N) is 4. The van der Waals surface area contributed by atoms with E-state index in [1.807, 2.05) is 37.4 Å². The highest BCUT2D eigenvalue weighted by Gasteiger charge is 2.13. The van der Waals surface area contributed by atoms with Gasteiger partial charge < -0.3 is 15.5 Å². The highest BCUT2D eigenvalue weighted by molar-refractivity contribution is 5.81. The molecule has 148 valence electrons. The maximum absolute atomic E-state index is 12.1. The lowest BCUT2D eigenvalue weighted by Gasteiger charge is -2.19. The maximum Gasteiger partial charge on any atom is 0.224 e. The van der Waals surface area contributed by atoms with Gasteiger partial charge in [-0.3, -0.25) is 9.48 Å². The molecule has 0 aromatic carbocycles. The smallest absolute Gasteiger partial charge is 0.224 e. The Balaban J connectivity index is 2.74. The van der Waals surface area contributed by atoms with Crippen LogP contribution in [0.5, 0.6) is 0 Å². The van der Waals surface area contributed by atoms with Gasteiger partial charge in [-0.2, -0.15) is 5.10 Å². The number of hydrogen-bond acceptors (Lipinski definition) is 3. The average molecular weight is 365 g/mol. The summed E-state index contributed by atoms with van der Waals surface area (Å²) in [5.41, 5.74) is 3.56. The van der Waals surface area contributed by atoms with Crippen molar-refractivity contribution in [3.8, 4) is 0 Å². The van der Waals surface area contributed by atoms with E-state index in [-0.39, 0.29) is 5.91 Å². The molecule has 0 unspecified atom stereocenters. The molecule has 0 bridgehead atoms. The Morgan fingerprint density at radius 2 is 1.81 bits per heavy atom. The summed E-state index contributed by atoms with van der Waals surface area (Å²) < 4.78 is 1.97. The Morgan fingerprint density at radius 1 is 1.12 bits per heavy atom. The van der Waals surface area contributed by atoms with Gasteiger partial charge in [-0.1, -0.05) is 13.8 Å². The van der Waals surface area contributed by atoms with Gasteiger partial charge >= 0.3 is 0 Å². The fourth-order valence-corrected chi connectivity index (χ4v) is 3.09. The van der Waals surface area contributed by atoms with Crippen molar-refractivity contribution in [2.75, 3.05) is 26.2 Å². The van der Waals surface area contributed by atoms with E-state index in [0.717, 1.165) is 44.1 Å². The van der Waals surface area contributed by atoms with Crippen molar-refractivity contribution < 1.29 is 4.79 Å². The highest BCUT2D eigenvalue weighted by Crippen LogP contribution is 2.16. The number of amides is 1. The van der Waals surface area contributed by atoms with Gasteiger partial charge in [0.15, 0.2) is 5.96 Å². The van der Waals surface area contributed by atoms with Crippen molar-refractivity contribution >= 4 is 11.9 Å². The third kappa shape index (κ3) is 6.04. The van der Waals surface area contributed by atoms with Crippen LogP contribution in [0, 0.1) is 0 Å². The monoisotopic (exact) mass is 364 g/mol. The SMILES string of the molecule is CCNC(=NCc1c(CC)nn(C)c1CC)NCCC(=O)N(CC)CC. The Bertz CT molecular complexity index is 589. The van der Waals surface area contributed by atoms with E-state index >= 15 is 0 Å². The third-order valence-corrected chi connectivity index (χ3v) is 4.51. The molecule has 1 amide bonds. The highest BCUT2D eigenvalue weighted by atomic mass is 16.2. The first-order valence-electron chi connectivity index (χ1n) is 9.85. The molecule has 0 saturated heterocycles. The molecule has 0 spiro atoms. The Labute approximate surface area is 158 Å². The van der Waals surface area contributed by atoms with E-state index in [2.05, 4.69) is 29.6 Å². The summed E-state index contributed by atoms with van der Waals surface area (Å²) in [6, 6.07) is 0. The van der Waals surface area contributed by atoms with Gasteiger partial charge in [0, 0.05) is 50.9 Å². The minimum absolute atomic E-state index is 0.173. The van der Waals surface area contributed by atoms with Crippen LogP contribution in [0.25, 0.3) is 0 Å². The molecule has 0 saturated carbocycles. The first-order chi connectivity index (χ1) is 12.5. The fraction of sp³-hybridized carbons (Fsp3) is 0.737. The number of hydrogen-bond donors (Lipinski definition) is 2. The van der Waals surface area contributed by atoms with Crippen molar-refractivity contribution in [3.63, 3.8) is 0 Å². The molecule has 1 aromatic rings. The van der Waals surface area contributed by atoms with Crippen LogP contribution >= 0.6 is 0 Å². The molecule has 7 nitrogen and oxygen atoms in total. The number of guanidine groups is 1. The van der Waals surface area contributed by atoms with Crippen LogP contribution in [0.2, 0.25) is 0 Å². The van der Waals surface area contributed by atoms with Crippen LogP contribution in [-0.2, 0) is 31.2 Å². The summed E-state index contributed by atoms with van der Waals surface area (Å²) >= 11 is 0. The predicted octanol–water partition coefficient (Wildman–Crippen LogP) is 1.86. The van der Waals surface area contributed by atoms with Gasteiger partial charge in [0.2, 0.25) is 5.91 Å². The summed E-state index contributed by atoms with van der Waals surface area (Å²) in [4.78, 5) is 18.7. The van der Waals surface area contributed by atoms with Crippen molar-refractivity contribution in [1.82, 2.24) is 25.3 Å². The van der Waals surface area contributed by atoms with E-state index in [4.69, 9.17) is 4.99 Å². The standard InChI is InChI=1S/C19H36N6O/c1-7-16-15(17(8-2)24(6)23-16)14-22-19(20-9-3)21-13-12-18(26)25(10-4)11-5/h7-14H2,1-6H3,(H2,20,21,22). The molecular formula is C19H36N6O. The normalized spacial score (nSPS) is 11.5. The van der Waals surface area contributed by atoms with Gasteiger partial charge in [0.25, 0.3) is 0 Å². The number of aliphatic imine (C=N–C) groups is 1. The second-order valence-corrected chi connectivity index (χ2v) is 6.14. The van der Waals surface area contributed by atoms with E-state index in [9.17, 15) is 4.79 Å². The van der Waals surface area contributed by atoms with Crippen LogP contribution in [-0.4, -0.2) is 52.7 Å². The molecule has 2 N–H and O–H groups in total. The molecule has 1 heterocycles. The van der Waals surface area contributed by atoms with Crippen LogP contribution in [0.1, 0.15) is 58.0 Å². The lowest BCUT2D eigenvalue weighted by molar-refractivity contribution is -0.130. The molecule has 0 radical (unpaired) electrons. The van der Waals surface area contributed by atoms with E-state index in [1.54, 1.807) is 0 Å². The summed E-state index contributed by atoms with van der Waals surface area (Å²) in [5.74, 6) is 0.917. The lowest BCUT2D eigenvalue weighted by atomic mass is 10.1. The lowest BCUT2D eigenvalue weighted by Crippen LogP contribution is -2.40. The summed E-state index contributed by atoms with van der Waals surface area (Å²) in [5, 5.41) is 11.1. The molecule has 0 fully saturated rings. The van der Waals surface area contributed by atoms with E-state index < -0.39 is 0 Å². The second-order valence-electron chi connectivity index (χ2n) is 6.14. The first kappa shape index (κ1) is 22.0. The fourth-order valence-electron chi connectivity index (χ4n) is 3.09. The molecule has 0 atom stereocenters. The Kier molecular flexibility index (Phi) is 9.76. The largest absolute Gasteiger partial charge is 0.357 e. The van der Waals surface area contributed by atoms with Crippen LogP contribution in [0.15, 0.2) is 4.99 Å². The zero-order valence-electron chi connectivity index (χ0n) is 17.4. The second kappa shape index (κ2) is 11.5. The van der Waals surface area contributed by atoms with Crippen LogP contribution in [0.3, 0.4) is 0 Å². The van der Waals surface area contributed by atoms with Gasteiger partial charge in [-0.25, -0.2) is 4.99 Å². The molecule has 1 aromatic heterocycles. The van der Waals surface area contributed by atoms with Crippen LogP contribution < -0.4 is 10.6 Å². The van der Waals surface area contributed by atoms with Crippen molar-refractivity contribution in [3.05, 3.63) is 17.0 Å². The number of nitrogens with one attached hydrogen (secondary N) is 2. The zero-order chi connectivity index (χ0) is 19.5. The topological polar surface area (TPSA) is 74.5 Å². The number of carbonyl (C=O) groups is 1. The molecule has 0 aliphatic heterocycles. The Morgan fingerprint density at radius 3 is 2.35 bits per heavy atom. The number of aromatic nitrogens is 2. The average Bonchev–Trinajstić information content (AvgIpc) is 2.95. The maximum atomic E-state index is 12.1. The van der Waals surface area contributed by atoms with Crippen molar-refractivity contribution in [1.29, 1.82) is 0 Å². The van der Waals surface area contributed by atoms with Gasteiger partial charge in [-0.05, 0) is 33.6 Å². The van der Waals surface area contributed by atoms with Gasteiger partial charge in [0.1, 0.15) is 0 Å². The van der Waals surface area contributed by atoms with E-state index in [1.165, 1.54) is 11.3 Å². The minimum atomic E-state index is 0.173. The molecule has 0 aliphatic carbocycles. The third-order valence-electron chi connectivity index (χ3n) is 4.51. The van der Waals surface area contributed by atoms with Gasteiger partial charge in [0.05, 0.1) is 12.2 Å². The molecule has 26 heavy (non-hydrogen) atoms. The molecular weight excluding hydrogens is 328 g/mol. The number of rotatable bonds is 10. The van der Waals surface area contributed by atoms with Gasteiger partial charge in [-0.15, -0.1) is 0 Å². The minimum Gasteiger partial charge on any atom is -0.357 e. The molecule has 7 heteroatoms. The van der Waals surface area contributed by atoms with Crippen molar-refractivity contribution in [2.24, 2.45) is 12.0 Å².